The molecule has 6 heteroatoms. The van der Waals surface area contributed by atoms with Crippen molar-refractivity contribution in [2.24, 2.45) is 0 Å². The Balaban J connectivity index is 2.35. The summed E-state index contributed by atoms with van der Waals surface area (Å²) >= 11 is 2.06. The minimum atomic E-state index is -0.769. The molecule has 1 unspecified atom stereocenters. The van der Waals surface area contributed by atoms with Crippen LogP contribution in [0.5, 0.6) is 0 Å². The Kier molecular flexibility index (Phi) is 3.76. The molecule has 0 spiro atoms. The number of rotatable bonds is 2. The highest BCUT2D eigenvalue weighted by molar-refractivity contribution is 14.1. The van der Waals surface area contributed by atoms with Crippen molar-refractivity contribution < 1.29 is 10.0 Å². The molecule has 0 aromatic heterocycles. The third-order valence-electron chi connectivity index (χ3n) is 3.15. The SMILES string of the molecule is CC1(O)CCCN(c2ccc(I)cc2[N+](=O)[O-])C1. The van der Waals surface area contributed by atoms with Crippen molar-refractivity contribution in [3.63, 3.8) is 0 Å². The Hall–Kier alpha value is -0.890. The predicted octanol–water partition coefficient (Wildman–Crippen LogP) is 2.55. The molecule has 0 aliphatic carbocycles. The van der Waals surface area contributed by atoms with Crippen LogP contribution in [-0.2, 0) is 0 Å². The van der Waals surface area contributed by atoms with Gasteiger partial charge in [0.25, 0.3) is 5.69 Å². The molecule has 0 saturated carbocycles. The molecule has 1 aliphatic heterocycles. The van der Waals surface area contributed by atoms with Gasteiger partial charge in [0.15, 0.2) is 0 Å². The van der Waals surface area contributed by atoms with Crippen molar-refractivity contribution >= 4 is 34.0 Å². The van der Waals surface area contributed by atoms with Gasteiger partial charge in [0.05, 0.1) is 10.5 Å². The maximum absolute atomic E-state index is 11.1. The number of β-amino-alcohol motifs (C(OH)–C–C–N with tert-alkyl or cyclic N) is 1. The average molecular weight is 362 g/mol. The number of nitro groups is 1. The van der Waals surface area contributed by atoms with Crippen LogP contribution in [0.15, 0.2) is 18.2 Å². The Morgan fingerprint density at radius 1 is 1.56 bits per heavy atom. The van der Waals surface area contributed by atoms with Gasteiger partial charge in [-0.25, -0.2) is 0 Å². The molecule has 98 valence electrons. The van der Waals surface area contributed by atoms with Crippen LogP contribution in [0.4, 0.5) is 11.4 Å². The standard InChI is InChI=1S/C12H15IN2O3/c1-12(16)5-2-6-14(8-12)10-4-3-9(13)7-11(10)15(17)18/h3-4,7,16H,2,5-6,8H2,1H3. The highest BCUT2D eigenvalue weighted by atomic mass is 127. The van der Waals surface area contributed by atoms with Crippen LogP contribution in [0.25, 0.3) is 0 Å². The molecule has 1 heterocycles. The Bertz CT molecular complexity index is 476. The summed E-state index contributed by atoms with van der Waals surface area (Å²) in [6.45, 7) is 2.96. The van der Waals surface area contributed by atoms with Gasteiger partial charge in [0.2, 0.25) is 0 Å². The lowest BCUT2D eigenvalue weighted by molar-refractivity contribution is -0.384. The van der Waals surface area contributed by atoms with E-state index in [9.17, 15) is 15.2 Å². The van der Waals surface area contributed by atoms with E-state index in [1.165, 1.54) is 0 Å². The first kappa shape index (κ1) is 13.5. The molecule has 1 N–H and O–H groups in total. The van der Waals surface area contributed by atoms with Gasteiger partial charge < -0.3 is 10.0 Å². The van der Waals surface area contributed by atoms with Crippen molar-refractivity contribution in [2.45, 2.75) is 25.4 Å². The zero-order valence-corrected chi connectivity index (χ0v) is 12.3. The number of hydrogen-bond donors (Lipinski definition) is 1. The van der Waals surface area contributed by atoms with E-state index in [0.717, 1.165) is 23.0 Å². The molecular weight excluding hydrogens is 347 g/mol. The van der Waals surface area contributed by atoms with E-state index in [0.29, 0.717) is 12.2 Å². The molecule has 0 amide bonds. The summed E-state index contributed by atoms with van der Waals surface area (Å²) in [4.78, 5) is 12.6. The van der Waals surface area contributed by atoms with Crippen LogP contribution in [0.3, 0.4) is 0 Å². The first-order valence-electron chi connectivity index (χ1n) is 5.80. The summed E-state index contributed by atoms with van der Waals surface area (Å²) in [7, 11) is 0. The predicted molar refractivity (Wildman–Crippen MR) is 77.9 cm³/mol. The van der Waals surface area contributed by atoms with Crippen molar-refractivity contribution in [1.82, 2.24) is 0 Å². The fraction of sp³-hybridized carbons (Fsp3) is 0.500. The monoisotopic (exact) mass is 362 g/mol. The number of anilines is 1. The minimum Gasteiger partial charge on any atom is -0.388 e. The van der Waals surface area contributed by atoms with Gasteiger partial charge >= 0.3 is 0 Å². The van der Waals surface area contributed by atoms with Crippen LogP contribution < -0.4 is 4.90 Å². The number of nitro benzene ring substituents is 1. The number of benzene rings is 1. The zero-order valence-electron chi connectivity index (χ0n) is 10.1. The lowest BCUT2D eigenvalue weighted by atomic mass is 9.94. The number of aliphatic hydroxyl groups is 1. The van der Waals surface area contributed by atoms with Gasteiger partial charge in [-0.3, -0.25) is 10.1 Å². The molecule has 0 radical (unpaired) electrons. The lowest BCUT2D eigenvalue weighted by Crippen LogP contribution is -2.46. The number of piperidine rings is 1. The van der Waals surface area contributed by atoms with Gasteiger partial charge in [-0.1, -0.05) is 0 Å². The second-order valence-electron chi connectivity index (χ2n) is 4.91. The van der Waals surface area contributed by atoms with Gasteiger partial charge in [-0.15, -0.1) is 0 Å². The summed E-state index contributed by atoms with van der Waals surface area (Å²) in [5.41, 5.74) is -0.0604. The zero-order chi connectivity index (χ0) is 13.3. The molecule has 1 aromatic carbocycles. The molecule has 5 nitrogen and oxygen atoms in total. The molecule has 18 heavy (non-hydrogen) atoms. The van der Waals surface area contributed by atoms with Crippen LogP contribution >= 0.6 is 22.6 Å². The van der Waals surface area contributed by atoms with Crippen LogP contribution in [0.2, 0.25) is 0 Å². The smallest absolute Gasteiger partial charge is 0.293 e. The molecule has 1 fully saturated rings. The van der Waals surface area contributed by atoms with E-state index in [-0.39, 0.29) is 10.6 Å². The maximum Gasteiger partial charge on any atom is 0.293 e. The van der Waals surface area contributed by atoms with Crippen molar-refractivity contribution in [3.05, 3.63) is 31.9 Å². The first-order chi connectivity index (χ1) is 8.39. The van der Waals surface area contributed by atoms with E-state index in [1.807, 2.05) is 11.0 Å². The van der Waals surface area contributed by atoms with E-state index in [4.69, 9.17) is 0 Å². The van der Waals surface area contributed by atoms with Crippen molar-refractivity contribution in [3.8, 4) is 0 Å². The minimum absolute atomic E-state index is 0.111. The third kappa shape index (κ3) is 2.92. The summed E-state index contributed by atoms with van der Waals surface area (Å²) in [6.07, 6.45) is 1.58. The average Bonchev–Trinajstić information content (AvgIpc) is 2.27. The molecular formula is C12H15IN2O3. The number of hydrogen-bond acceptors (Lipinski definition) is 4. The fourth-order valence-corrected chi connectivity index (χ4v) is 2.81. The Morgan fingerprint density at radius 3 is 2.89 bits per heavy atom. The highest BCUT2D eigenvalue weighted by Crippen LogP contribution is 2.33. The summed E-state index contributed by atoms with van der Waals surface area (Å²) in [6, 6.07) is 5.19. The molecule has 1 saturated heterocycles. The summed E-state index contributed by atoms with van der Waals surface area (Å²) in [5, 5.41) is 21.2. The largest absolute Gasteiger partial charge is 0.388 e. The number of halogens is 1. The van der Waals surface area contributed by atoms with Crippen molar-refractivity contribution in [2.75, 3.05) is 18.0 Å². The lowest BCUT2D eigenvalue weighted by Gasteiger charge is -2.37. The fourth-order valence-electron chi connectivity index (χ4n) is 2.34. The molecule has 1 aromatic rings. The van der Waals surface area contributed by atoms with Crippen LogP contribution in [0.1, 0.15) is 19.8 Å². The molecule has 1 atom stereocenters. The summed E-state index contributed by atoms with van der Waals surface area (Å²) < 4.78 is 0.840. The van der Waals surface area contributed by atoms with E-state index in [2.05, 4.69) is 22.6 Å². The van der Waals surface area contributed by atoms with Crippen LogP contribution in [-0.4, -0.2) is 28.7 Å². The van der Waals surface area contributed by atoms with E-state index < -0.39 is 5.60 Å². The molecule has 0 bridgehead atoms. The number of nitrogens with zero attached hydrogens (tertiary/aromatic N) is 2. The van der Waals surface area contributed by atoms with Gasteiger partial charge in [-0.05, 0) is 54.5 Å². The van der Waals surface area contributed by atoms with Crippen LogP contribution in [0, 0.1) is 13.7 Å². The Labute approximate surface area is 119 Å². The molecule has 2 rings (SSSR count). The van der Waals surface area contributed by atoms with Gasteiger partial charge in [0.1, 0.15) is 5.69 Å². The summed E-state index contributed by atoms with van der Waals surface area (Å²) in [5.74, 6) is 0. The highest BCUT2D eigenvalue weighted by Gasteiger charge is 2.31. The normalized spacial score (nSPS) is 24.1. The van der Waals surface area contributed by atoms with Gasteiger partial charge in [0, 0.05) is 22.7 Å². The van der Waals surface area contributed by atoms with E-state index in [1.54, 1.807) is 19.1 Å². The molecule has 1 aliphatic rings. The first-order valence-corrected chi connectivity index (χ1v) is 6.88. The Morgan fingerprint density at radius 2 is 2.28 bits per heavy atom. The quantitative estimate of drug-likeness (QED) is 0.499. The maximum atomic E-state index is 11.1. The topological polar surface area (TPSA) is 66.6 Å². The second-order valence-corrected chi connectivity index (χ2v) is 6.16. The van der Waals surface area contributed by atoms with Gasteiger partial charge in [-0.2, -0.15) is 0 Å². The second kappa shape index (κ2) is 5.00. The van der Waals surface area contributed by atoms with E-state index >= 15 is 0 Å². The van der Waals surface area contributed by atoms with Crippen molar-refractivity contribution in [1.29, 1.82) is 0 Å². The third-order valence-corrected chi connectivity index (χ3v) is 3.82.